The third kappa shape index (κ3) is 2.63. The Labute approximate surface area is 76.5 Å². The standard InChI is InChI=1S/C11H21N/c1-4-5-11-6-8-12(9-7-11)10(2)3/h4-5,10-11H,6-9H2,1-3H3/b5-4+. The van der Waals surface area contributed by atoms with Crippen molar-refractivity contribution < 1.29 is 0 Å². The minimum atomic E-state index is 0.733. The molecule has 0 aliphatic carbocycles. The van der Waals surface area contributed by atoms with Gasteiger partial charge in [0.2, 0.25) is 0 Å². The summed E-state index contributed by atoms with van der Waals surface area (Å²) in [6.45, 7) is 9.26. The van der Waals surface area contributed by atoms with Gasteiger partial charge in [-0.1, -0.05) is 12.2 Å². The summed E-state index contributed by atoms with van der Waals surface area (Å²) in [6.07, 6.45) is 7.25. The van der Waals surface area contributed by atoms with Crippen LogP contribution in [-0.4, -0.2) is 24.0 Å². The SMILES string of the molecule is C/C=C/C1CCN(C(C)C)CC1. The van der Waals surface area contributed by atoms with Crippen molar-refractivity contribution in [1.82, 2.24) is 4.90 Å². The van der Waals surface area contributed by atoms with Gasteiger partial charge in [0.15, 0.2) is 0 Å². The molecule has 1 nitrogen and oxygen atoms in total. The lowest BCUT2D eigenvalue weighted by atomic mass is 9.96. The maximum atomic E-state index is 2.57. The molecule has 0 N–H and O–H groups in total. The highest BCUT2D eigenvalue weighted by Gasteiger charge is 2.18. The Hall–Kier alpha value is -0.300. The Morgan fingerprint density at radius 2 is 1.83 bits per heavy atom. The molecule has 1 aliphatic rings. The molecule has 0 spiro atoms. The van der Waals surface area contributed by atoms with Gasteiger partial charge >= 0.3 is 0 Å². The van der Waals surface area contributed by atoms with Crippen molar-refractivity contribution in [2.24, 2.45) is 5.92 Å². The van der Waals surface area contributed by atoms with Crippen LogP contribution >= 0.6 is 0 Å². The van der Waals surface area contributed by atoms with E-state index in [2.05, 4.69) is 37.8 Å². The van der Waals surface area contributed by atoms with Gasteiger partial charge in [0.25, 0.3) is 0 Å². The van der Waals surface area contributed by atoms with E-state index < -0.39 is 0 Å². The van der Waals surface area contributed by atoms with E-state index >= 15 is 0 Å². The predicted molar refractivity (Wildman–Crippen MR) is 54.2 cm³/mol. The van der Waals surface area contributed by atoms with Gasteiger partial charge < -0.3 is 4.90 Å². The Bertz CT molecular complexity index is 141. The van der Waals surface area contributed by atoms with Crippen molar-refractivity contribution in [3.8, 4) is 0 Å². The zero-order valence-corrected chi connectivity index (χ0v) is 8.59. The fourth-order valence-electron chi connectivity index (χ4n) is 1.90. The second-order valence-electron chi connectivity index (χ2n) is 3.99. The van der Waals surface area contributed by atoms with Gasteiger partial charge in [-0.15, -0.1) is 0 Å². The molecular formula is C11H21N. The summed E-state index contributed by atoms with van der Waals surface area (Å²) < 4.78 is 0. The second kappa shape index (κ2) is 4.66. The van der Waals surface area contributed by atoms with Crippen LogP contribution in [0.3, 0.4) is 0 Å². The van der Waals surface area contributed by atoms with Gasteiger partial charge in [-0.05, 0) is 52.6 Å². The Kier molecular flexibility index (Phi) is 3.80. The van der Waals surface area contributed by atoms with E-state index in [0.29, 0.717) is 0 Å². The van der Waals surface area contributed by atoms with Crippen molar-refractivity contribution in [3.63, 3.8) is 0 Å². The maximum Gasteiger partial charge on any atom is 0.00385 e. The van der Waals surface area contributed by atoms with Crippen molar-refractivity contribution in [2.45, 2.75) is 39.7 Å². The number of hydrogen-bond donors (Lipinski definition) is 0. The molecule has 0 bridgehead atoms. The van der Waals surface area contributed by atoms with Gasteiger partial charge in [0.05, 0.1) is 0 Å². The summed E-state index contributed by atoms with van der Waals surface area (Å²) in [5, 5.41) is 0. The highest BCUT2D eigenvalue weighted by Crippen LogP contribution is 2.19. The van der Waals surface area contributed by atoms with Gasteiger partial charge in [-0.2, -0.15) is 0 Å². The van der Waals surface area contributed by atoms with Crippen LogP contribution in [0.25, 0.3) is 0 Å². The normalized spacial score (nSPS) is 22.7. The first kappa shape index (κ1) is 9.79. The Morgan fingerprint density at radius 1 is 1.25 bits per heavy atom. The predicted octanol–water partition coefficient (Wildman–Crippen LogP) is 2.68. The third-order valence-electron chi connectivity index (χ3n) is 2.77. The molecule has 0 radical (unpaired) electrons. The first-order valence-corrected chi connectivity index (χ1v) is 5.11. The Morgan fingerprint density at radius 3 is 2.25 bits per heavy atom. The molecule has 0 aromatic carbocycles. The van der Waals surface area contributed by atoms with Crippen LogP contribution in [0.2, 0.25) is 0 Å². The van der Waals surface area contributed by atoms with Crippen molar-refractivity contribution in [1.29, 1.82) is 0 Å². The Balaban J connectivity index is 2.29. The van der Waals surface area contributed by atoms with E-state index in [1.54, 1.807) is 0 Å². The molecule has 1 aliphatic heterocycles. The molecule has 1 rings (SSSR count). The fourth-order valence-corrected chi connectivity index (χ4v) is 1.90. The highest BCUT2D eigenvalue weighted by molar-refractivity contribution is 4.89. The van der Waals surface area contributed by atoms with Gasteiger partial charge in [-0.25, -0.2) is 0 Å². The molecule has 0 aromatic rings. The highest BCUT2D eigenvalue weighted by atomic mass is 15.1. The molecule has 0 amide bonds. The van der Waals surface area contributed by atoms with Crippen molar-refractivity contribution >= 4 is 0 Å². The average molecular weight is 167 g/mol. The molecule has 0 saturated carbocycles. The number of hydrogen-bond acceptors (Lipinski definition) is 1. The summed E-state index contributed by atoms with van der Waals surface area (Å²) in [5.74, 6) is 0.852. The lowest BCUT2D eigenvalue weighted by molar-refractivity contribution is 0.164. The molecule has 1 saturated heterocycles. The second-order valence-corrected chi connectivity index (χ2v) is 3.99. The van der Waals surface area contributed by atoms with Gasteiger partial charge in [0.1, 0.15) is 0 Å². The van der Waals surface area contributed by atoms with E-state index in [0.717, 1.165) is 12.0 Å². The largest absolute Gasteiger partial charge is 0.301 e. The average Bonchev–Trinajstić information content (AvgIpc) is 2.06. The first-order valence-electron chi connectivity index (χ1n) is 5.11. The molecule has 1 heteroatoms. The van der Waals surface area contributed by atoms with Crippen LogP contribution in [0, 0.1) is 5.92 Å². The number of nitrogens with zero attached hydrogens (tertiary/aromatic N) is 1. The number of likely N-dealkylation sites (tertiary alicyclic amines) is 1. The zero-order chi connectivity index (χ0) is 8.97. The van der Waals surface area contributed by atoms with Crippen molar-refractivity contribution in [3.05, 3.63) is 12.2 Å². The number of allylic oxidation sites excluding steroid dienone is 2. The fraction of sp³-hybridized carbons (Fsp3) is 0.818. The summed E-state index contributed by atoms with van der Waals surface area (Å²) >= 11 is 0. The van der Waals surface area contributed by atoms with E-state index in [9.17, 15) is 0 Å². The summed E-state index contributed by atoms with van der Waals surface area (Å²) in [5.41, 5.74) is 0. The molecule has 0 aromatic heterocycles. The zero-order valence-electron chi connectivity index (χ0n) is 8.59. The van der Waals surface area contributed by atoms with E-state index in [1.165, 1.54) is 25.9 Å². The molecular weight excluding hydrogens is 146 g/mol. The van der Waals surface area contributed by atoms with Crippen molar-refractivity contribution in [2.75, 3.05) is 13.1 Å². The lowest BCUT2D eigenvalue weighted by Crippen LogP contribution is -2.38. The molecule has 1 heterocycles. The molecule has 12 heavy (non-hydrogen) atoms. The lowest BCUT2D eigenvalue weighted by Gasteiger charge is -2.33. The van der Waals surface area contributed by atoms with Gasteiger partial charge in [-0.3, -0.25) is 0 Å². The third-order valence-corrected chi connectivity index (χ3v) is 2.77. The molecule has 1 fully saturated rings. The van der Waals surface area contributed by atoms with Crippen LogP contribution in [0.15, 0.2) is 12.2 Å². The van der Waals surface area contributed by atoms with E-state index in [1.807, 2.05) is 0 Å². The summed E-state index contributed by atoms with van der Waals surface area (Å²) in [7, 11) is 0. The molecule has 70 valence electrons. The van der Waals surface area contributed by atoms with E-state index in [-0.39, 0.29) is 0 Å². The monoisotopic (exact) mass is 167 g/mol. The van der Waals surface area contributed by atoms with Crippen LogP contribution in [-0.2, 0) is 0 Å². The van der Waals surface area contributed by atoms with Crippen LogP contribution in [0.5, 0.6) is 0 Å². The quantitative estimate of drug-likeness (QED) is 0.572. The van der Waals surface area contributed by atoms with Crippen LogP contribution in [0.4, 0.5) is 0 Å². The maximum absolute atomic E-state index is 2.57. The molecule has 0 unspecified atom stereocenters. The summed E-state index contributed by atoms with van der Waals surface area (Å²) in [6, 6.07) is 0.733. The minimum absolute atomic E-state index is 0.733. The number of piperidine rings is 1. The molecule has 0 atom stereocenters. The van der Waals surface area contributed by atoms with E-state index in [4.69, 9.17) is 0 Å². The van der Waals surface area contributed by atoms with Crippen LogP contribution in [0.1, 0.15) is 33.6 Å². The topological polar surface area (TPSA) is 3.24 Å². The smallest absolute Gasteiger partial charge is 0.00385 e. The summed E-state index contributed by atoms with van der Waals surface area (Å²) in [4.78, 5) is 2.57. The first-order chi connectivity index (χ1) is 5.74. The van der Waals surface area contributed by atoms with Gasteiger partial charge in [0, 0.05) is 6.04 Å². The minimum Gasteiger partial charge on any atom is -0.301 e. The number of rotatable bonds is 2. The van der Waals surface area contributed by atoms with Crippen LogP contribution < -0.4 is 0 Å².